The summed E-state index contributed by atoms with van der Waals surface area (Å²) in [6.07, 6.45) is 0.404. The summed E-state index contributed by atoms with van der Waals surface area (Å²) in [4.78, 5) is 70.2. The Morgan fingerprint density at radius 3 is 1.88 bits per heavy atom. The van der Waals surface area contributed by atoms with Gasteiger partial charge in [-0.3, -0.25) is 24.0 Å². The van der Waals surface area contributed by atoms with Gasteiger partial charge in [0.15, 0.2) is 0 Å². The van der Waals surface area contributed by atoms with Crippen LogP contribution in [-0.4, -0.2) is 76.5 Å². The zero-order chi connectivity index (χ0) is 25.6. The van der Waals surface area contributed by atoms with Crippen LogP contribution >= 0.6 is 0 Å². The molecule has 4 unspecified atom stereocenters. The average Bonchev–Trinajstić information content (AvgIpc) is 2.72. The number of carbonyl (C=O) groups excluding carboxylic acids is 4. The molecular weight excluding hydrogens is 440 g/mol. The third-order valence-electron chi connectivity index (χ3n) is 4.63. The highest BCUT2D eigenvalue weighted by Crippen LogP contribution is 2.04. The van der Waals surface area contributed by atoms with Crippen LogP contribution in [0.25, 0.3) is 0 Å². The minimum Gasteiger partial charge on any atom is -0.481 e. The number of nitrogens with one attached hydrogen (secondary N) is 3. The molecular formula is C19H34N6O8. The molecule has 4 atom stereocenters. The molecule has 0 radical (unpaired) electrons. The molecule has 0 saturated carbocycles. The van der Waals surface area contributed by atoms with E-state index in [9.17, 15) is 28.8 Å². The Balaban J connectivity index is 5.07. The summed E-state index contributed by atoms with van der Waals surface area (Å²) in [5.74, 6) is -5.68. The van der Waals surface area contributed by atoms with E-state index in [0.717, 1.165) is 0 Å². The van der Waals surface area contributed by atoms with Crippen molar-refractivity contribution in [2.45, 2.75) is 76.0 Å². The molecule has 0 spiro atoms. The van der Waals surface area contributed by atoms with Crippen LogP contribution in [0.2, 0.25) is 0 Å². The number of carboxylic acid groups (broad SMARTS) is 2. The molecule has 0 aromatic rings. The van der Waals surface area contributed by atoms with Crippen molar-refractivity contribution in [1.29, 1.82) is 0 Å². The number of rotatable bonds is 17. The van der Waals surface area contributed by atoms with Crippen LogP contribution in [0.1, 0.15) is 51.9 Å². The molecule has 33 heavy (non-hydrogen) atoms. The fourth-order valence-corrected chi connectivity index (χ4v) is 2.68. The largest absolute Gasteiger partial charge is 0.481 e. The predicted octanol–water partition coefficient (Wildman–Crippen LogP) is -2.87. The normalized spacial score (nSPS) is 14.3. The second-order valence-corrected chi connectivity index (χ2v) is 7.52. The summed E-state index contributed by atoms with van der Waals surface area (Å²) >= 11 is 0. The van der Waals surface area contributed by atoms with Crippen LogP contribution in [0.4, 0.5) is 0 Å². The van der Waals surface area contributed by atoms with Gasteiger partial charge in [-0.15, -0.1) is 0 Å². The van der Waals surface area contributed by atoms with Crippen LogP contribution in [0.15, 0.2) is 0 Å². The highest BCUT2D eigenvalue weighted by Gasteiger charge is 2.28. The molecule has 0 aromatic carbocycles. The van der Waals surface area contributed by atoms with Gasteiger partial charge in [0.1, 0.15) is 18.1 Å². The van der Waals surface area contributed by atoms with Crippen molar-refractivity contribution in [2.24, 2.45) is 17.2 Å². The van der Waals surface area contributed by atoms with Crippen LogP contribution in [0.3, 0.4) is 0 Å². The number of nitrogens with two attached hydrogens (primary N) is 3. The number of hydrogen-bond donors (Lipinski definition) is 8. The van der Waals surface area contributed by atoms with E-state index in [1.165, 1.54) is 6.92 Å². The van der Waals surface area contributed by atoms with E-state index in [1.807, 2.05) is 0 Å². The monoisotopic (exact) mass is 474 g/mol. The van der Waals surface area contributed by atoms with Crippen LogP contribution in [-0.2, 0) is 28.8 Å². The second kappa shape index (κ2) is 15.5. The lowest BCUT2D eigenvalue weighted by Gasteiger charge is -2.23. The molecule has 188 valence electrons. The first-order chi connectivity index (χ1) is 15.4. The highest BCUT2D eigenvalue weighted by molar-refractivity contribution is 5.94. The van der Waals surface area contributed by atoms with E-state index in [1.54, 1.807) is 0 Å². The van der Waals surface area contributed by atoms with E-state index in [4.69, 9.17) is 27.4 Å². The number of unbranched alkanes of at least 4 members (excludes halogenated alkanes) is 1. The SMILES string of the molecule is CC(NC(=O)C(CCC(N)=O)NC(=O)C(N)CCCCN)C(=O)NC(CCC(=O)O)C(=O)O. The Labute approximate surface area is 191 Å². The van der Waals surface area contributed by atoms with Crippen molar-refractivity contribution >= 4 is 35.6 Å². The lowest BCUT2D eigenvalue weighted by atomic mass is 10.1. The number of aliphatic carboxylic acids is 2. The first-order valence-electron chi connectivity index (χ1n) is 10.5. The van der Waals surface area contributed by atoms with Crippen LogP contribution in [0, 0.1) is 0 Å². The Hall–Kier alpha value is -3.26. The maximum Gasteiger partial charge on any atom is 0.326 e. The number of carboxylic acids is 2. The summed E-state index contributed by atoms with van der Waals surface area (Å²) in [6, 6.07) is -4.82. The van der Waals surface area contributed by atoms with Crippen molar-refractivity contribution < 1.29 is 39.0 Å². The minimum atomic E-state index is -1.47. The summed E-state index contributed by atoms with van der Waals surface area (Å²) in [7, 11) is 0. The molecule has 0 aliphatic heterocycles. The fraction of sp³-hybridized carbons (Fsp3) is 0.684. The van der Waals surface area contributed by atoms with Crippen molar-refractivity contribution in [3.8, 4) is 0 Å². The molecule has 0 heterocycles. The molecule has 0 aliphatic rings. The minimum absolute atomic E-state index is 0.146. The maximum absolute atomic E-state index is 12.6. The van der Waals surface area contributed by atoms with Crippen LogP contribution in [0.5, 0.6) is 0 Å². The Bertz CT molecular complexity index is 716. The first kappa shape index (κ1) is 29.7. The lowest BCUT2D eigenvalue weighted by molar-refractivity contribution is -0.143. The predicted molar refractivity (Wildman–Crippen MR) is 115 cm³/mol. The quantitative estimate of drug-likeness (QED) is 0.0999. The average molecular weight is 475 g/mol. The maximum atomic E-state index is 12.6. The standard InChI is InChI=1S/C19H34N6O8/c1-10(16(29)25-13(19(32)33)6-8-15(27)28)23-18(31)12(5-7-14(22)26)24-17(30)11(21)4-2-3-9-20/h10-13H,2-9,20-21H2,1H3,(H2,22,26)(H,23,31)(H,24,30)(H,25,29)(H,27,28)(H,32,33). The van der Waals surface area contributed by atoms with Gasteiger partial charge in [0.25, 0.3) is 0 Å². The van der Waals surface area contributed by atoms with Gasteiger partial charge in [-0.25, -0.2) is 4.79 Å². The van der Waals surface area contributed by atoms with Gasteiger partial charge in [-0.1, -0.05) is 6.42 Å². The molecule has 4 amide bonds. The summed E-state index contributed by atoms with van der Waals surface area (Å²) in [6.45, 7) is 1.71. The third-order valence-corrected chi connectivity index (χ3v) is 4.63. The number of carbonyl (C=O) groups is 6. The molecule has 0 aliphatic carbocycles. The molecule has 0 rings (SSSR count). The number of primary amides is 1. The first-order valence-corrected chi connectivity index (χ1v) is 10.5. The molecule has 0 saturated heterocycles. The number of amides is 4. The van der Waals surface area contributed by atoms with Gasteiger partial charge in [0.05, 0.1) is 6.04 Å². The van der Waals surface area contributed by atoms with Crippen molar-refractivity contribution in [3.05, 3.63) is 0 Å². The summed E-state index contributed by atoms with van der Waals surface area (Å²) in [5.41, 5.74) is 16.3. The van der Waals surface area contributed by atoms with Crippen molar-refractivity contribution in [3.63, 3.8) is 0 Å². The van der Waals surface area contributed by atoms with Gasteiger partial charge in [-0.2, -0.15) is 0 Å². The molecule has 0 aromatic heterocycles. The van der Waals surface area contributed by atoms with E-state index in [2.05, 4.69) is 16.0 Å². The van der Waals surface area contributed by atoms with Gasteiger partial charge in [0, 0.05) is 12.8 Å². The molecule has 14 nitrogen and oxygen atoms in total. The second-order valence-electron chi connectivity index (χ2n) is 7.52. The van der Waals surface area contributed by atoms with Gasteiger partial charge in [0.2, 0.25) is 23.6 Å². The zero-order valence-electron chi connectivity index (χ0n) is 18.5. The van der Waals surface area contributed by atoms with E-state index < -0.39 is 66.2 Å². The van der Waals surface area contributed by atoms with Crippen LogP contribution < -0.4 is 33.2 Å². The Morgan fingerprint density at radius 1 is 0.788 bits per heavy atom. The smallest absolute Gasteiger partial charge is 0.326 e. The Kier molecular flexibility index (Phi) is 14.0. The number of hydrogen-bond acceptors (Lipinski definition) is 8. The van der Waals surface area contributed by atoms with Crippen molar-refractivity contribution in [1.82, 2.24) is 16.0 Å². The van der Waals surface area contributed by atoms with E-state index in [0.29, 0.717) is 25.8 Å². The van der Waals surface area contributed by atoms with Gasteiger partial charge >= 0.3 is 11.9 Å². The zero-order valence-corrected chi connectivity index (χ0v) is 18.5. The van der Waals surface area contributed by atoms with E-state index in [-0.39, 0.29) is 19.3 Å². The fourth-order valence-electron chi connectivity index (χ4n) is 2.68. The summed E-state index contributed by atoms with van der Waals surface area (Å²) < 4.78 is 0. The topological polar surface area (TPSA) is 257 Å². The molecule has 0 bridgehead atoms. The highest BCUT2D eigenvalue weighted by atomic mass is 16.4. The lowest BCUT2D eigenvalue weighted by Crippen LogP contribution is -2.56. The van der Waals surface area contributed by atoms with Gasteiger partial charge < -0.3 is 43.4 Å². The summed E-state index contributed by atoms with van der Waals surface area (Å²) in [5, 5.41) is 24.7. The van der Waals surface area contributed by atoms with Crippen molar-refractivity contribution in [2.75, 3.05) is 6.54 Å². The molecule has 0 fully saturated rings. The third kappa shape index (κ3) is 13.0. The Morgan fingerprint density at radius 2 is 1.36 bits per heavy atom. The van der Waals surface area contributed by atoms with Gasteiger partial charge in [-0.05, 0) is 39.2 Å². The molecule has 14 heteroatoms. The van der Waals surface area contributed by atoms with E-state index >= 15 is 0 Å². The molecule has 11 N–H and O–H groups in total.